The molecule has 0 saturated heterocycles. The highest BCUT2D eigenvalue weighted by atomic mass is 19.1. The highest BCUT2D eigenvalue weighted by Gasteiger charge is 2.15. The van der Waals surface area contributed by atoms with Gasteiger partial charge in [-0.25, -0.2) is 8.78 Å². The van der Waals surface area contributed by atoms with Crippen LogP contribution < -0.4 is 14.8 Å². The van der Waals surface area contributed by atoms with Crippen molar-refractivity contribution >= 4 is 5.91 Å². The molecule has 4 nitrogen and oxygen atoms in total. The Morgan fingerprint density at radius 1 is 1.17 bits per heavy atom. The normalized spacial score (nSPS) is 11.7. The molecule has 0 aliphatic rings. The van der Waals surface area contributed by atoms with Gasteiger partial charge in [-0.2, -0.15) is 0 Å². The number of rotatable bonds is 6. The van der Waals surface area contributed by atoms with Crippen LogP contribution in [0.5, 0.6) is 11.5 Å². The molecule has 2 rings (SSSR count). The first-order valence-corrected chi connectivity index (χ1v) is 7.01. The average Bonchev–Trinajstić information content (AvgIpc) is 2.53. The molecule has 6 heteroatoms. The summed E-state index contributed by atoms with van der Waals surface area (Å²) < 4.78 is 37.1. The molecule has 0 heterocycles. The minimum absolute atomic E-state index is 0.206. The zero-order chi connectivity index (χ0) is 16.8. The molecular weight excluding hydrogens is 304 g/mol. The van der Waals surface area contributed by atoms with E-state index in [1.165, 1.54) is 13.2 Å². The van der Waals surface area contributed by atoms with Gasteiger partial charge in [-0.1, -0.05) is 18.2 Å². The topological polar surface area (TPSA) is 47.6 Å². The third-order valence-corrected chi connectivity index (χ3v) is 3.23. The third-order valence-electron chi connectivity index (χ3n) is 3.23. The molecule has 1 atom stereocenters. The van der Waals surface area contributed by atoms with Gasteiger partial charge in [-0.3, -0.25) is 4.79 Å². The quantitative estimate of drug-likeness (QED) is 0.888. The Morgan fingerprint density at radius 2 is 1.87 bits per heavy atom. The number of ether oxygens (including phenoxy) is 2. The van der Waals surface area contributed by atoms with Crippen LogP contribution in [0, 0.1) is 11.6 Å². The van der Waals surface area contributed by atoms with Crippen LogP contribution in [-0.2, 0) is 4.79 Å². The molecule has 0 radical (unpaired) electrons. The van der Waals surface area contributed by atoms with Gasteiger partial charge in [-0.05, 0) is 25.1 Å². The van der Waals surface area contributed by atoms with Crippen molar-refractivity contribution in [2.24, 2.45) is 0 Å². The minimum atomic E-state index is -0.705. The molecule has 23 heavy (non-hydrogen) atoms. The Balaban J connectivity index is 1.94. The van der Waals surface area contributed by atoms with Crippen molar-refractivity contribution in [2.45, 2.75) is 13.0 Å². The van der Waals surface area contributed by atoms with Crippen molar-refractivity contribution in [3.8, 4) is 11.5 Å². The molecule has 0 saturated carbocycles. The Morgan fingerprint density at radius 3 is 2.52 bits per heavy atom. The summed E-state index contributed by atoms with van der Waals surface area (Å²) in [5, 5.41) is 2.60. The van der Waals surface area contributed by atoms with Gasteiger partial charge in [0, 0.05) is 11.6 Å². The summed E-state index contributed by atoms with van der Waals surface area (Å²) in [7, 11) is 1.50. The predicted molar refractivity (Wildman–Crippen MR) is 81.4 cm³/mol. The number of carbonyl (C=O) groups excluding carboxylic acids is 1. The molecule has 0 spiro atoms. The maximum Gasteiger partial charge on any atom is 0.258 e. The van der Waals surface area contributed by atoms with Crippen molar-refractivity contribution in [2.75, 3.05) is 13.7 Å². The van der Waals surface area contributed by atoms with Crippen molar-refractivity contribution in [1.82, 2.24) is 5.32 Å². The molecule has 0 aliphatic heterocycles. The van der Waals surface area contributed by atoms with Crippen molar-refractivity contribution in [1.29, 1.82) is 0 Å². The first-order valence-electron chi connectivity index (χ1n) is 7.01. The highest BCUT2D eigenvalue weighted by Crippen LogP contribution is 2.25. The van der Waals surface area contributed by atoms with Gasteiger partial charge >= 0.3 is 0 Å². The summed E-state index contributed by atoms with van der Waals surface area (Å²) in [6.07, 6.45) is 0. The molecule has 2 aromatic carbocycles. The van der Waals surface area contributed by atoms with E-state index in [2.05, 4.69) is 5.32 Å². The van der Waals surface area contributed by atoms with Gasteiger partial charge in [0.05, 0.1) is 13.2 Å². The second-order valence-corrected chi connectivity index (χ2v) is 4.89. The second kappa shape index (κ2) is 7.58. The minimum Gasteiger partial charge on any atom is -0.493 e. The van der Waals surface area contributed by atoms with E-state index in [0.717, 1.165) is 12.1 Å². The van der Waals surface area contributed by atoms with Gasteiger partial charge in [0.15, 0.2) is 18.1 Å². The molecule has 1 amide bonds. The first-order chi connectivity index (χ1) is 11.0. The first kappa shape index (κ1) is 16.7. The average molecular weight is 321 g/mol. The van der Waals surface area contributed by atoms with E-state index in [4.69, 9.17) is 9.47 Å². The zero-order valence-electron chi connectivity index (χ0n) is 12.8. The maximum atomic E-state index is 13.7. The standard InChI is InChI=1S/C17H17F2NO3/c1-11(13-8-7-12(18)9-14(13)19)20-17(21)10-23-16-6-4-3-5-15(16)22-2/h3-9,11H,10H2,1-2H3,(H,20,21)/t11-/m1/s1. The summed E-state index contributed by atoms with van der Waals surface area (Å²) >= 11 is 0. The monoisotopic (exact) mass is 321 g/mol. The van der Waals surface area contributed by atoms with Crippen LogP contribution in [0.3, 0.4) is 0 Å². The SMILES string of the molecule is COc1ccccc1OCC(=O)N[C@H](C)c1ccc(F)cc1F. The van der Waals surface area contributed by atoms with Crippen LogP contribution in [-0.4, -0.2) is 19.6 Å². The lowest BCUT2D eigenvalue weighted by atomic mass is 10.1. The Labute approximate surface area is 133 Å². The van der Waals surface area contributed by atoms with Gasteiger partial charge in [0.1, 0.15) is 11.6 Å². The van der Waals surface area contributed by atoms with E-state index in [1.54, 1.807) is 31.2 Å². The number of halogens is 2. The van der Waals surface area contributed by atoms with E-state index >= 15 is 0 Å². The lowest BCUT2D eigenvalue weighted by Gasteiger charge is -2.16. The van der Waals surface area contributed by atoms with E-state index in [1.807, 2.05) is 0 Å². The van der Waals surface area contributed by atoms with E-state index in [0.29, 0.717) is 11.5 Å². The summed E-state index contributed by atoms with van der Waals surface area (Å²) in [4.78, 5) is 11.9. The second-order valence-electron chi connectivity index (χ2n) is 4.89. The number of nitrogens with one attached hydrogen (secondary N) is 1. The molecule has 2 aromatic rings. The molecule has 0 fully saturated rings. The van der Waals surface area contributed by atoms with Gasteiger partial charge in [0.2, 0.25) is 0 Å². The van der Waals surface area contributed by atoms with Crippen LogP contribution in [0.25, 0.3) is 0 Å². The van der Waals surface area contributed by atoms with Crippen LogP contribution >= 0.6 is 0 Å². The van der Waals surface area contributed by atoms with E-state index in [-0.39, 0.29) is 12.2 Å². The fourth-order valence-electron chi connectivity index (χ4n) is 2.09. The molecule has 1 N–H and O–H groups in total. The smallest absolute Gasteiger partial charge is 0.258 e. The van der Waals surface area contributed by atoms with E-state index in [9.17, 15) is 13.6 Å². The van der Waals surface area contributed by atoms with Gasteiger partial charge < -0.3 is 14.8 Å². The number of hydrogen-bond donors (Lipinski definition) is 1. The third kappa shape index (κ3) is 4.42. The Bertz CT molecular complexity index is 691. The lowest BCUT2D eigenvalue weighted by molar-refractivity contribution is -0.123. The number of para-hydroxylation sites is 2. The molecule has 0 aliphatic carbocycles. The van der Waals surface area contributed by atoms with Gasteiger partial charge in [0.25, 0.3) is 5.91 Å². The molecular formula is C17H17F2NO3. The summed E-state index contributed by atoms with van der Waals surface area (Å²) in [5.74, 6) is -0.844. The van der Waals surface area contributed by atoms with Crippen LogP contribution in [0.15, 0.2) is 42.5 Å². The molecule has 0 bridgehead atoms. The summed E-state index contributed by atoms with van der Waals surface area (Å²) in [6, 6.07) is 9.55. The lowest BCUT2D eigenvalue weighted by Crippen LogP contribution is -2.31. The molecule has 0 aromatic heterocycles. The van der Waals surface area contributed by atoms with E-state index < -0.39 is 23.6 Å². The van der Waals surface area contributed by atoms with Crippen LogP contribution in [0.4, 0.5) is 8.78 Å². The highest BCUT2D eigenvalue weighted by molar-refractivity contribution is 5.78. The number of hydrogen-bond acceptors (Lipinski definition) is 3. The van der Waals surface area contributed by atoms with Crippen molar-refractivity contribution in [3.63, 3.8) is 0 Å². The number of methoxy groups -OCH3 is 1. The largest absolute Gasteiger partial charge is 0.493 e. The maximum absolute atomic E-state index is 13.7. The fourth-order valence-corrected chi connectivity index (χ4v) is 2.09. The summed E-state index contributed by atoms with van der Waals surface area (Å²) in [5.41, 5.74) is 0.206. The number of carbonyl (C=O) groups is 1. The number of amides is 1. The Hall–Kier alpha value is -2.63. The van der Waals surface area contributed by atoms with Crippen LogP contribution in [0.2, 0.25) is 0 Å². The predicted octanol–water partition coefficient (Wildman–Crippen LogP) is 3.23. The van der Waals surface area contributed by atoms with Crippen molar-refractivity contribution < 1.29 is 23.0 Å². The Kier molecular flexibility index (Phi) is 5.51. The van der Waals surface area contributed by atoms with Crippen molar-refractivity contribution in [3.05, 3.63) is 59.7 Å². The summed E-state index contributed by atoms with van der Waals surface area (Å²) in [6.45, 7) is 1.37. The fraction of sp³-hybridized carbons (Fsp3) is 0.235. The number of benzene rings is 2. The zero-order valence-corrected chi connectivity index (χ0v) is 12.8. The molecule has 0 unspecified atom stereocenters. The molecule has 122 valence electrons. The van der Waals surface area contributed by atoms with Gasteiger partial charge in [-0.15, -0.1) is 0 Å². The van der Waals surface area contributed by atoms with Crippen LogP contribution in [0.1, 0.15) is 18.5 Å².